The van der Waals surface area contributed by atoms with E-state index in [4.69, 9.17) is 0 Å². The van der Waals surface area contributed by atoms with Crippen molar-refractivity contribution < 1.29 is 9.59 Å². The number of hydrogen-bond donors (Lipinski definition) is 2. The van der Waals surface area contributed by atoms with Crippen LogP contribution in [0.2, 0.25) is 0 Å². The number of anilines is 1. The zero-order valence-corrected chi connectivity index (χ0v) is 20.8. The van der Waals surface area contributed by atoms with Crippen LogP contribution in [-0.4, -0.2) is 36.7 Å². The molecule has 3 aromatic heterocycles. The van der Waals surface area contributed by atoms with Gasteiger partial charge in [-0.05, 0) is 75.4 Å². The van der Waals surface area contributed by atoms with Gasteiger partial charge in [-0.3, -0.25) is 24.4 Å². The molecule has 0 spiro atoms. The Morgan fingerprint density at radius 1 is 0.973 bits per heavy atom. The Morgan fingerprint density at radius 2 is 1.81 bits per heavy atom. The van der Waals surface area contributed by atoms with Crippen LogP contribution in [-0.2, 0) is 0 Å². The van der Waals surface area contributed by atoms with Gasteiger partial charge in [0, 0.05) is 34.4 Å². The lowest BCUT2D eigenvalue weighted by Gasteiger charge is -2.11. The minimum absolute atomic E-state index is 0.0470. The van der Waals surface area contributed by atoms with E-state index < -0.39 is 0 Å². The number of amides is 1. The van der Waals surface area contributed by atoms with Crippen molar-refractivity contribution in [2.24, 2.45) is 0 Å². The van der Waals surface area contributed by atoms with Crippen molar-refractivity contribution in [3.05, 3.63) is 107 Å². The number of benzene rings is 2. The van der Waals surface area contributed by atoms with Crippen LogP contribution < -0.4 is 5.32 Å². The van der Waals surface area contributed by atoms with Crippen molar-refractivity contribution in [1.29, 1.82) is 0 Å². The van der Waals surface area contributed by atoms with Crippen LogP contribution in [0.25, 0.3) is 23.1 Å². The average Bonchev–Trinajstić information content (AvgIpc) is 3.51. The molecule has 3 heterocycles. The van der Waals surface area contributed by atoms with Crippen LogP contribution in [0.1, 0.15) is 63.4 Å². The molecule has 5 aromatic rings. The summed E-state index contributed by atoms with van der Waals surface area (Å²) in [6.45, 7) is 5.79. The molecule has 2 aromatic carbocycles. The maximum Gasteiger partial charge on any atom is 0.273 e. The number of aryl methyl sites for hydroxylation is 1. The van der Waals surface area contributed by atoms with Gasteiger partial charge in [0.25, 0.3) is 5.91 Å². The molecule has 2 N–H and O–H groups in total. The van der Waals surface area contributed by atoms with Gasteiger partial charge in [0.2, 0.25) is 0 Å². The molecule has 37 heavy (non-hydrogen) atoms. The Kier molecular flexibility index (Phi) is 6.47. The molecular formula is C29H26N6O2. The van der Waals surface area contributed by atoms with E-state index in [0.29, 0.717) is 22.5 Å². The minimum Gasteiger partial charge on any atom is -0.321 e. The first kappa shape index (κ1) is 23.9. The Hall–Kier alpha value is -4.85. The topological polar surface area (TPSA) is 106 Å². The van der Waals surface area contributed by atoms with Gasteiger partial charge < -0.3 is 5.32 Å². The highest BCUT2D eigenvalue weighted by Crippen LogP contribution is 2.22. The van der Waals surface area contributed by atoms with E-state index in [-0.39, 0.29) is 17.7 Å². The molecule has 0 bridgehead atoms. The highest BCUT2D eigenvalue weighted by Gasteiger charge is 2.17. The molecule has 5 rings (SSSR count). The van der Waals surface area contributed by atoms with Gasteiger partial charge in [-0.1, -0.05) is 24.3 Å². The first-order valence-electron chi connectivity index (χ1n) is 12.0. The molecule has 0 radical (unpaired) electrons. The van der Waals surface area contributed by atoms with Crippen molar-refractivity contribution in [3.63, 3.8) is 0 Å². The van der Waals surface area contributed by atoms with E-state index >= 15 is 0 Å². The van der Waals surface area contributed by atoms with Gasteiger partial charge in [-0.15, -0.1) is 0 Å². The van der Waals surface area contributed by atoms with Gasteiger partial charge in [0.1, 0.15) is 5.69 Å². The average molecular weight is 491 g/mol. The summed E-state index contributed by atoms with van der Waals surface area (Å²) >= 11 is 0. The molecule has 0 fully saturated rings. The van der Waals surface area contributed by atoms with E-state index in [1.165, 1.54) is 0 Å². The highest BCUT2D eigenvalue weighted by atomic mass is 16.2. The van der Waals surface area contributed by atoms with Crippen molar-refractivity contribution >= 4 is 40.4 Å². The standard InChI is InChI=1S/C29H26N6O2/c1-18(2)35-27(15-19(3)34-35)29(37)31-23-9-6-7-20(16-23)28(36)21-10-12-24-25(32-33-26(24)17-21)13-11-22-8-4-5-14-30-22/h4-18H,1-3H3,(H,31,37)(H,32,33)/b13-11+. The van der Waals surface area contributed by atoms with Crippen LogP contribution in [0.5, 0.6) is 0 Å². The van der Waals surface area contributed by atoms with Gasteiger partial charge in [-0.2, -0.15) is 10.2 Å². The summed E-state index contributed by atoms with van der Waals surface area (Å²) in [7, 11) is 0. The smallest absolute Gasteiger partial charge is 0.273 e. The predicted octanol–water partition coefficient (Wildman–Crippen LogP) is 5.70. The lowest BCUT2D eigenvalue weighted by atomic mass is 10.0. The molecule has 0 saturated carbocycles. The Morgan fingerprint density at radius 3 is 2.59 bits per heavy atom. The fourth-order valence-electron chi connectivity index (χ4n) is 4.13. The maximum absolute atomic E-state index is 13.3. The second-order valence-electron chi connectivity index (χ2n) is 9.03. The van der Waals surface area contributed by atoms with Crippen LogP contribution in [0.3, 0.4) is 0 Å². The fraction of sp³-hybridized carbons (Fsp3) is 0.138. The van der Waals surface area contributed by atoms with E-state index in [2.05, 4.69) is 25.6 Å². The van der Waals surface area contributed by atoms with E-state index in [1.54, 1.807) is 53.3 Å². The van der Waals surface area contributed by atoms with E-state index in [9.17, 15) is 9.59 Å². The fourth-order valence-corrected chi connectivity index (χ4v) is 4.13. The third kappa shape index (κ3) is 5.08. The third-order valence-corrected chi connectivity index (χ3v) is 5.92. The largest absolute Gasteiger partial charge is 0.321 e. The molecule has 0 aliphatic heterocycles. The summed E-state index contributed by atoms with van der Waals surface area (Å²) in [6.07, 6.45) is 5.52. The first-order valence-corrected chi connectivity index (χ1v) is 12.0. The minimum atomic E-state index is -0.274. The number of aromatic amines is 1. The number of carbonyl (C=O) groups is 2. The predicted molar refractivity (Wildman–Crippen MR) is 144 cm³/mol. The lowest BCUT2D eigenvalue weighted by Crippen LogP contribution is -2.19. The summed E-state index contributed by atoms with van der Waals surface area (Å²) < 4.78 is 1.69. The highest BCUT2D eigenvalue weighted by molar-refractivity contribution is 6.12. The summed E-state index contributed by atoms with van der Waals surface area (Å²) in [5.74, 6) is -0.426. The molecular weight excluding hydrogens is 464 g/mol. The first-order chi connectivity index (χ1) is 17.9. The number of ketones is 1. The second kappa shape index (κ2) is 10.0. The molecule has 0 aliphatic rings. The normalized spacial score (nSPS) is 11.5. The van der Waals surface area contributed by atoms with Crippen LogP contribution in [0.15, 0.2) is 72.9 Å². The quantitative estimate of drug-likeness (QED) is 0.285. The number of rotatable bonds is 7. The monoisotopic (exact) mass is 490 g/mol. The number of nitrogens with zero attached hydrogens (tertiary/aromatic N) is 4. The molecule has 1 amide bonds. The van der Waals surface area contributed by atoms with E-state index in [1.807, 2.05) is 57.2 Å². The summed E-state index contributed by atoms with van der Waals surface area (Å²) in [5, 5.41) is 15.6. The number of aromatic nitrogens is 5. The van der Waals surface area contributed by atoms with Crippen molar-refractivity contribution in [2.45, 2.75) is 26.8 Å². The summed E-state index contributed by atoms with van der Waals surface area (Å²) in [4.78, 5) is 30.5. The summed E-state index contributed by atoms with van der Waals surface area (Å²) in [5.41, 5.74) is 5.13. The molecule has 0 saturated heterocycles. The van der Waals surface area contributed by atoms with Gasteiger partial charge in [0.15, 0.2) is 5.78 Å². The summed E-state index contributed by atoms with van der Waals surface area (Å²) in [6, 6.07) is 19.9. The van der Waals surface area contributed by atoms with Crippen LogP contribution in [0, 0.1) is 6.92 Å². The number of carbonyl (C=O) groups excluding carboxylic acids is 2. The maximum atomic E-state index is 13.3. The van der Waals surface area contributed by atoms with Crippen molar-refractivity contribution in [1.82, 2.24) is 25.0 Å². The third-order valence-electron chi connectivity index (χ3n) is 5.92. The Labute approximate surface area is 214 Å². The zero-order chi connectivity index (χ0) is 25.9. The molecule has 0 atom stereocenters. The van der Waals surface area contributed by atoms with Crippen LogP contribution in [0.4, 0.5) is 5.69 Å². The van der Waals surface area contributed by atoms with Crippen molar-refractivity contribution in [3.8, 4) is 0 Å². The lowest BCUT2D eigenvalue weighted by molar-refractivity contribution is 0.101. The number of fused-ring (bicyclic) bond motifs is 1. The number of pyridine rings is 1. The number of nitrogens with one attached hydrogen (secondary N) is 2. The molecule has 0 unspecified atom stereocenters. The van der Waals surface area contributed by atoms with E-state index in [0.717, 1.165) is 28.0 Å². The van der Waals surface area contributed by atoms with Gasteiger partial charge in [0.05, 0.1) is 22.6 Å². The number of H-pyrrole nitrogens is 1. The van der Waals surface area contributed by atoms with Gasteiger partial charge in [-0.25, -0.2) is 0 Å². The molecule has 8 nitrogen and oxygen atoms in total. The molecule has 184 valence electrons. The SMILES string of the molecule is Cc1cc(C(=O)Nc2cccc(C(=O)c3ccc4c(/C=C/c5ccccn5)n[nH]c4c3)c2)n(C(C)C)n1. The van der Waals surface area contributed by atoms with Crippen molar-refractivity contribution in [2.75, 3.05) is 5.32 Å². The molecule has 8 heteroatoms. The Balaban J connectivity index is 1.35. The number of hydrogen-bond acceptors (Lipinski definition) is 5. The molecule has 0 aliphatic carbocycles. The Bertz CT molecular complexity index is 1630. The zero-order valence-electron chi connectivity index (χ0n) is 20.8. The van der Waals surface area contributed by atoms with Crippen LogP contribution >= 0.6 is 0 Å². The van der Waals surface area contributed by atoms with Gasteiger partial charge >= 0.3 is 0 Å². The second-order valence-corrected chi connectivity index (χ2v) is 9.03.